The molecule has 112 valence electrons. The van der Waals surface area contributed by atoms with Gasteiger partial charge in [-0.15, -0.1) is 0 Å². The number of carbonyl (C=O) groups excluding carboxylic acids is 1. The molecule has 0 bridgehead atoms. The van der Waals surface area contributed by atoms with Crippen molar-refractivity contribution >= 4 is 16.0 Å². The molecule has 1 atom stereocenters. The van der Waals surface area contributed by atoms with Gasteiger partial charge in [0.25, 0.3) is 0 Å². The molecular weight excluding hydrogens is 282 g/mol. The predicted octanol–water partition coefficient (Wildman–Crippen LogP) is 1.17. The molecule has 0 saturated carbocycles. The van der Waals surface area contributed by atoms with Gasteiger partial charge in [-0.3, -0.25) is 4.79 Å². The second-order valence-electron chi connectivity index (χ2n) is 4.54. The number of carbonyl (C=O) groups is 1. The number of ether oxygens (including phenoxy) is 2. The number of nitrogens with one attached hydrogen (secondary N) is 1. The van der Waals surface area contributed by atoms with E-state index in [9.17, 15) is 13.2 Å². The first-order valence-electron chi connectivity index (χ1n) is 6.06. The molecule has 1 N–H and O–H groups in total. The maximum Gasteiger partial charge on any atom is 0.324 e. The largest absolute Gasteiger partial charge is 0.497 e. The zero-order valence-corrected chi connectivity index (χ0v) is 12.7. The molecule has 0 aliphatic heterocycles. The van der Waals surface area contributed by atoms with E-state index < -0.39 is 22.0 Å². The first kappa shape index (κ1) is 16.5. The molecule has 0 aliphatic carbocycles. The Morgan fingerprint density at radius 2 is 1.70 bits per heavy atom. The molecular formula is C13H19NO5S. The molecule has 0 spiro atoms. The van der Waals surface area contributed by atoms with Gasteiger partial charge in [0.15, 0.2) is 0 Å². The van der Waals surface area contributed by atoms with Crippen molar-refractivity contribution in [2.24, 2.45) is 5.92 Å². The third-order valence-corrected chi connectivity index (χ3v) is 4.23. The van der Waals surface area contributed by atoms with Crippen LogP contribution in [0, 0.1) is 5.92 Å². The summed E-state index contributed by atoms with van der Waals surface area (Å²) in [5.41, 5.74) is 0. The molecule has 0 heterocycles. The van der Waals surface area contributed by atoms with Crippen molar-refractivity contribution in [3.8, 4) is 5.75 Å². The SMILES string of the molecule is COC(=O)C(NS(=O)(=O)c1ccc(OC)cc1)C(C)C. The van der Waals surface area contributed by atoms with Crippen LogP contribution in [-0.2, 0) is 19.6 Å². The number of sulfonamides is 1. The maximum atomic E-state index is 12.2. The standard InChI is InChI=1S/C13H19NO5S/c1-9(2)12(13(15)19-4)14-20(16,17)11-7-5-10(18-3)6-8-11/h5-9,12,14H,1-4H3. The Balaban J connectivity index is 3.00. The number of methoxy groups -OCH3 is 2. The molecule has 1 rings (SSSR count). The van der Waals surface area contributed by atoms with Gasteiger partial charge in [-0.05, 0) is 30.2 Å². The summed E-state index contributed by atoms with van der Waals surface area (Å²) < 4.78 is 36.3. The highest BCUT2D eigenvalue weighted by atomic mass is 32.2. The van der Waals surface area contributed by atoms with Crippen molar-refractivity contribution < 1.29 is 22.7 Å². The van der Waals surface area contributed by atoms with Crippen LogP contribution < -0.4 is 9.46 Å². The first-order chi connectivity index (χ1) is 9.31. The smallest absolute Gasteiger partial charge is 0.324 e. The van der Waals surface area contributed by atoms with Crippen LogP contribution in [0.4, 0.5) is 0 Å². The number of benzene rings is 1. The van der Waals surface area contributed by atoms with Gasteiger partial charge in [-0.25, -0.2) is 8.42 Å². The number of hydrogen-bond acceptors (Lipinski definition) is 5. The van der Waals surface area contributed by atoms with Crippen molar-refractivity contribution in [1.82, 2.24) is 4.72 Å². The summed E-state index contributed by atoms with van der Waals surface area (Å²) in [5, 5.41) is 0. The van der Waals surface area contributed by atoms with Crippen LogP contribution in [0.5, 0.6) is 5.75 Å². The highest BCUT2D eigenvalue weighted by Crippen LogP contribution is 2.17. The molecule has 0 aromatic heterocycles. The molecule has 20 heavy (non-hydrogen) atoms. The molecule has 1 aromatic rings. The van der Waals surface area contributed by atoms with Crippen molar-refractivity contribution in [3.05, 3.63) is 24.3 Å². The fraction of sp³-hybridized carbons (Fsp3) is 0.462. The van der Waals surface area contributed by atoms with Crippen molar-refractivity contribution in [2.45, 2.75) is 24.8 Å². The van der Waals surface area contributed by atoms with E-state index in [0.717, 1.165) is 0 Å². The van der Waals surface area contributed by atoms with Gasteiger partial charge in [-0.2, -0.15) is 4.72 Å². The lowest BCUT2D eigenvalue weighted by Crippen LogP contribution is -2.44. The second kappa shape index (κ2) is 6.71. The predicted molar refractivity (Wildman–Crippen MR) is 74.0 cm³/mol. The van der Waals surface area contributed by atoms with Gasteiger partial charge in [0, 0.05) is 0 Å². The van der Waals surface area contributed by atoms with Gasteiger partial charge in [0.2, 0.25) is 10.0 Å². The fourth-order valence-electron chi connectivity index (χ4n) is 1.57. The lowest BCUT2D eigenvalue weighted by Gasteiger charge is -2.19. The lowest BCUT2D eigenvalue weighted by atomic mass is 10.1. The topological polar surface area (TPSA) is 81.7 Å². The summed E-state index contributed by atoms with van der Waals surface area (Å²) in [4.78, 5) is 11.7. The van der Waals surface area contributed by atoms with E-state index in [-0.39, 0.29) is 10.8 Å². The lowest BCUT2D eigenvalue weighted by molar-refractivity contribution is -0.143. The maximum absolute atomic E-state index is 12.2. The number of esters is 1. The van der Waals surface area contributed by atoms with E-state index in [4.69, 9.17) is 4.74 Å². The molecule has 7 heteroatoms. The minimum absolute atomic E-state index is 0.0628. The minimum Gasteiger partial charge on any atom is -0.497 e. The summed E-state index contributed by atoms with van der Waals surface area (Å²) in [6.45, 7) is 3.47. The molecule has 0 saturated heterocycles. The molecule has 0 radical (unpaired) electrons. The van der Waals surface area contributed by atoms with Gasteiger partial charge in [-0.1, -0.05) is 13.8 Å². The first-order valence-corrected chi connectivity index (χ1v) is 7.54. The molecule has 1 unspecified atom stereocenters. The number of hydrogen-bond donors (Lipinski definition) is 1. The Morgan fingerprint density at radius 1 is 1.15 bits per heavy atom. The Kier molecular flexibility index (Phi) is 5.52. The Bertz CT molecular complexity index is 551. The Labute approximate surface area is 119 Å². The summed E-state index contributed by atoms with van der Waals surface area (Å²) in [7, 11) is -1.08. The van der Waals surface area contributed by atoms with E-state index in [1.165, 1.54) is 38.5 Å². The van der Waals surface area contributed by atoms with Crippen LogP contribution in [0.1, 0.15) is 13.8 Å². The third-order valence-electron chi connectivity index (χ3n) is 2.77. The minimum atomic E-state index is -3.79. The summed E-state index contributed by atoms with van der Waals surface area (Å²) >= 11 is 0. The van der Waals surface area contributed by atoms with Crippen LogP contribution in [0.25, 0.3) is 0 Å². The van der Waals surface area contributed by atoms with Crippen LogP contribution in [0.2, 0.25) is 0 Å². The quantitative estimate of drug-likeness (QED) is 0.798. The van der Waals surface area contributed by atoms with E-state index in [1.807, 2.05) is 0 Å². The summed E-state index contributed by atoms with van der Waals surface area (Å²) in [6, 6.07) is 4.98. The average molecular weight is 301 g/mol. The third kappa shape index (κ3) is 3.94. The normalized spacial score (nSPS) is 13.1. The second-order valence-corrected chi connectivity index (χ2v) is 6.26. The van der Waals surface area contributed by atoms with Crippen LogP contribution in [0.15, 0.2) is 29.2 Å². The van der Waals surface area contributed by atoms with Crippen molar-refractivity contribution in [1.29, 1.82) is 0 Å². The van der Waals surface area contributed by atoms with Gasteiger partial charge in [0.1, 0.15) is 11.8 Å². The zero-order chi connectivity index (χ0) is 15.3. The van der Waals surface area contributed by atoms with E-state index in [0.29, 0.717) is 5.75 Å². The fourth-order valence-corrected chi connectivity index (χ4v) is 2.91. The van der Waals surface area contributed by atoms with Gasteiger partial charge < -0.3 is 9.47 Å². The van der Waals surface area contributed by atoms with Crippen molar-refractivity contribution in [2.75, 3.05) is 14.2 Å². The van der Waals surface area contributed by atoms with E-state index in [1.54, 1.807) is 13.8 Å². The zero-order valence-electron chi connectivity index (χ0n) is 11.9. The van der Waals surface area contributed by atoms with Gasteiger partial charge >= 0.3 is 5.97 Å². The van der Waals surface area contributed by atoms with Crippen LogP contribution >= 0.6 is 0 Å². The molecule has 0 amide bonds. The van der Waals surface area contributed by atoms with Crippen LogP contribution in [0.3, 0.4) is 0 Å². The van der Waals surface area contributed by atoms with E-state index in [2.05, 4.69) is 9.46 Å². The summed E-state index contributed by atoms with van der Waals surface area (Å²) in [6.07, 6.45) is 0. The highest BCUT2D eigenvalue weighted by molar-refractivity contribution is 7.89. The van der Waals surface area contributed by atoms with Gasteiger partial charge in [0.05, 0.1) is 19.1 Å². The molecule has 0 aliphatic rings. The van der Waals surface area contributed by atoms with E-state index >= 15 is 0 Å². The van der Waals surface area contributed by atoms with Crippen molar-refractivity contribution in [3.63, 3.8) is 0 Å². The Morgan fingerprint density at radius 3 is 2.10 bits per heavy atom. The molecule has 6 nitrogen and oxygen atoms in total. The molecule has 0 fully saturated rings. The highest BCUT2D eigenvalue weighted by Gasteiger charge is 2.28. The monoisotopic (exact) mass is 301 g/mol. The summed E-state index contributed by atoms with van der Waals surface area (Å²) in [5.74, 6) is -0.287. The van der Waals surface area contributed by atoms with Crippen LogP contribution in [-0.4, -0.2) is 34.6 Å². The number of rotatable bonds is 6. The average Bonchev–Trinajstić information content (AvgIpc) is 2.43. The Hall–Kier alpha value is -1.60. The molecule has 1 aromatic carbocycles.